The molecule has 0 heterocycles. The molecule has 15 heavy (non-hydrogen) atoms. The van der Waals surface area contributed by atoms with Gasteiger partial charge in [-0.3, -0.25) is 0 Å². The number of nitrogens with one attached hydrogen (secondary N) is 1. The van der Waals surface area contributed by atoms with E-state index < -0.39 is 0 Å². The van der Waals surface area contributed by atoms with Crippen LogP contribution in [0.5, 0.6) is 0 Å². The van der Waals surface area contributed by atoms with E-state index in [1.807, 2.05) is 6.92 Å². The third-order valence-electron chi connectivity index (χ3n) is 4.88. The highest BCUT2D eigenvalue weighted by atomic mass is 16.3. The van der Waals surface area contributed by atoms with E-state index in [-0.39, 0.29) is 6.10 Å². The molecule has 4 aliphatic rings. The van der Waals surface area contributed by atoms with E-state index in [1.54, 1.807) is 0 Å². The second kappa shape index (κ2) is 3.74. The predicted molar refractivity (Wildman–Crippen MR) is 60.5 cm³/mol. The van der Waals surface area contributed by atoms with Crippen molar-refractivity contribution in [2.24, 2.45) is 23.7 Å². The normalized spacial score (nSPS) is 49.6. The van der Waals surface area contributed by atoms with Gasteiger partial charge in [0.15, 0.2) is 0 Å². The Labute approximate surface area is 92.4 Å². The van der Waals surface area contributed by atoms with Crippen molar-refractivity contribution >= 4 is 0 Å². The standard InChI is InChI=1S/C13H23NO/c1-8(15)7-14-13-11-3-9-2-10(5-11)6-12(13)4-9/h8-15H,2-7H2,1H3/t8-,9?,10?,11?,12?,13?/m1/s1. The van der Waals surface area contributed by atoms with E-state index in [0.29, 0.717) is 0 Å². The van der Waals surface area contributed by atoms with Crippen molar-refractivity contribution in [3.05, 3.63) is 0 Å². The molecule has 2 N–H and O–H groups in total. The zero-order valence-corrected chi connectivity index (χ0v) is 9.65. The lowest BCUT2D eigenvalue weighted by Gasteiger charge is -2.54. The number of hydrogen-bond acceptors (Lipinski definition) is 2. The van der Waals surface area contributed by atoms with Crippen molar-refractivity contribution in [1.82, 2.24) is 5.32 Å². The summed E-state index contributed by atoms with van der Waals surface area (Å²) in [6.45, 7) is 2.66. The smallest absolute Gasteiger partial charge is 0.0636 e. The molecular formula is C13H23NO. The van der Waals surface area contributed by atoms with Gasteiger partial charge in [-0.05, 0) is 62.7 Å². The van der Waals surface area contributed by atoms with Crippen molar-refractivity contribution in [3.63, 3.8) is 0 Å². The van der Waals surface area contributed by atoms with Crippen LogP contribution in [0.25, 0.3) is 0 Å². The van der Waals surface area contributed by atoms with Gasteiger partial charge in [-0.25, -0.2) is 0 Å². The van der Waals surface area contributed by atoms with Crippen LogP contribution in [0.1, 0.15) is 39.0 Å². The fourth-order valence-electron chi connectivity index (χ4n) is 4.57. The van der Waals surface area contributed by atoms with Gasteiger partial charge in [0.1, 0.15) is 0 Å². The molecular weight excluding hydrogens is 186 g/mol. The average Bonchev–Trinajstić information content (AvgIpc) is 2.14. The molecule has 0 amide bonds. The molecule has 1 atom stereocenters. The molecule has 4 rings (SSSR count). The van der Waals surface area contributed by atoms with E-state index >= 15 is 0 Å². The fourth-order valence-corrected chi connectivity index (χ4v) is 4.57. The number of aliphatic hydroxyl groups excluding tert-OH is 1. The second-order valence-corrected chi connectivity index (χ2v) is 6.21. The van der Waals surface area contributed by atoms with Gasteiger partial charge < -0.3 is 10.4 Å². The summed E-state index contributed by atoms with van der Waals surface area (Å²) in [5.41, 5.74) is 0. The SMILES string of the molecule is C[C@@H](O)CNC1C2CC3CC(C2)CC1C3. The highest BCUT2D eigenvalue weighted by Gasteiger charge is 2.47. The van der Waals surface area contributed by atoms with E-state index in [0.717, 1.165) is 36.3 Å². The fraction of sp³-hybridized carbons (Fsp3) is 1.00. The molecule has 0 aromatic carbocycles. The maximum atomic E-state index is 9.34. The third kappa shape index (κ3) is 1.83. The predicted octanol–water partition coefficient (Wildman–Crippen LogP) is 1.78. The first-order chi connectivity index (χ1) is 7.22. The molecule has 0 aliphatic heterocycles. The summed E-state index contributed by atoms with van der Waals surface area (Å²) in [6, 6.07) is 0.729. The Morgan fingerprint density at radius 1 is 1.07 bits per heavy atom. The highest BCUT2D eigenvalue weighted by molar-refractivity contribution is 5.01. The van der Waals surface area contributed by atoms with Gasteiger partial charge in [-0.1, -0.05) is 0 Å². The summed E-state index contributed by atoms with van der Waals surface area (Å²) in [5.74, 6) is 3.97. The van der Waals surface area contributed by atoms with Crippen molar-refractivity contribution in [3.8, 4) is 0 Å². The molecule has 2 nitrogen and oxygen atoms in total. The lowest BCUT2D eigenvalue weighted by atomic mass is 9.54. The van der Waals surface area contributed by atoms with Gasteiger partial charge in [0.2, 0.25) is 0 Å². The lowest BCUT2D eigenvalue weighted by Crippen LogP contribution is -2.55. The number of aliphatic hydroxyl groups is 1. The van der Waals surface area contributed by atoms with Crippen molar-refractivity contribution < 1.29 is 5.11 Å². The van der Waals surface area contributed by atoms with Crippen molar-refractivity contribution in [2.75, 3.05) is 6.54 Å². The molecule has 4 saturated carbocycles. The lowest BCUT2D eigenvalue weighted by molar-refractivity contribution is -0.0167. The van der Waals surface area contributed by atoms with Gasteiger partial charge in [0, 0.05) is 12.6 Å². The quantitative estimate of drug-likeness (QED) is 0.742. The largest absolute Gasteiger partial charge is 0.392 e. The maximum absolute atomic E-state index is 9.34. The Bertz CT molecular complexity index is 211. The van der Waals surface area contributed by atoms with Crippen LogP contribution in [0.15, 0.2) is 0 Å². The Kier molecular flexibility index (Phi) is 2.52. The summed E-state index contributed by atoms with van der Waals surface area (Å²) >= 11 is 0. The second-order valence-electron chi connectivity index (χ2n) is 6.21. The van der Waals surface area contributed by atoms with Crippen LogP contribution in [0.4, 0.5) is 0 Å². The first kappa shape index (κ1) is 10.1. The van der Waals surface area contributed by atoms with Crippen LogP contribution in [0.2, 0.25) is 0 Å². The Balaban J connectivity index is 1.64. The molecule has 0 aromatic rings. The summed E-state index contributed by atoms with van der Waals surface area (Å²) in [7, 11) is 0. The molecule has 4 aliphatic carbocycles. The number of hydrogen-bond donors (Lipinski definition) is 2. The zero-order valence-electron chi connectivity index (χ0n) is 9.65. The zero-order chi connectivity index (χ0) is 10.4. The molecule has 2 heteroatoms. The van der Waals surface area contributed by atoms with Crippen LogP contribution < -0.4 is 5.32 Å². The maximum Gasteiger partial charge on any atom is 0.0636 e. The van der Waals surface area contributed by atoms with Crippen LogP contribution in [-0.4, -0.2) is 23.8 Å². The molecule has 0 spiro atoms. The first-order valence-electron chi connectivity index (χ1n) is 6.64. The van der Waals surface area contributed by atoms with Crippen molar-refractivity contribution in [2.45, 2.75) is 51.2 Å². The van der Waals surface area contributed by atoms with Crippen LogP contribution >= 0.6 is 0 Å². The highest BCUT2D eigenvalue weighted by Crippen LogP contribution is 2.53. The van der Waals surface area contributed by atoms with E-state index in [9.17, 15) is 5.11 Å². The molecule has 4 bridgehead atoms. The topological polar surface area (TPSA) is 32.3 Å². The Morgan fingerprint density at radius 2 is 1.60 bits per heavy atom. The van der Waals surface area contributed by atoms with E-state index in [4.69, 9.17) is 0 Å². The summed E-state index contributed by atoms with van der Waals surface area (Å²) in [4.78, 5) is 0. The number of rotatable bonds is 3. The summed E-state index contributed by atoms with van der Waals surface area (Å²) in [5, 5.41) is 13.0. The monoisotopic (exact) mass is 209 g/mol. The van der Waals surface area contributed by atoms with Gasteiger partial charge in [-0.2, -0.15) is 0 Å². The molecule has 0 saturated heterocycles. The molecule has 0 aromatic heterocycles. The van der Waals surface area contributed by atoms with E-state index in [1.165, 1.54) is 32.1 Å². The van der Waals surface area contributed by atoms with Crippen LogP contribution in [0.3, 0.4) is 0 Å². The minimum atomic E-state index is -0.192. The van der Waals surface area contributed by atoms with Gasteiger partial charge in [-0.15, -0.1) is 0 Å². The first-order valence-corrected chi connectivity index (χ1v) is 6.64. The van der Waals surface area contributed by atoms with Crippen molar-refractivity contribution in [1.29, 1.82) is 0 Å². The Morgan fingerprint density at radius 3 is 2.07 bits per heavy atom. The molecule has 0 unspecified atom stereocenters. The Hall–Kier alpha value is -0.0800. The van der Waals surface area contributed by atoms with Crippen LogP contribution in [-0.2, 0) is 0 Å². The van der Waals surface area contributed by atoms with Gasteiger partial charge >= 0.3 is 0 Å². The molecule has 4 fully saturated rings. The van der Waals surface area contributed by atoms with Gasteiger partial charge in [0.25, 0.3) is 0 Å². The minimum Gasteiger partial charge on any atom is -0.392 e. The van der Waals surface area contributed by atoms with Gasteiger partial charge in [0.05, 0.1) is 6.10 Å². The molecule has 86 valence electrons. The minimum absolute atomic E-state index is 0.192. The third-order valence-corrected chi connectivity index (χ3v) is 4.88. The summed E-state index contributed by atoms with van der Waals surface area (Å²) < 4.78 is 0. The average molecular weight is 209 g/mol. The summed E-state index contributed by atoms with van der Waals surface area (Å²) in [6.07, 6.45) is 7.18. The molecule has 0 radical (unpaired) electrons. The van der Waals surface area contributed by atoms with Crippen LogP contribution in [0, 0.1) is 23.7 Å². The van der Waals surface area contributed by atoms with E-state index in [2.05, 4.69) is 5.32 Å².